The fourth-order valence-corrected chi connectivity index (χ4v) is 2.13. The molecule has 116 valence electrons. The Balaban J connectivity index is 0.00000220. The molecular weight excluding hydrogens is 296 g/mol. The third kappa shape index (κ3) is 5.30. The molecule has 0 atom stereocenters. The van der Waals surface area contributed by atoms with Crippen LogP contribution in [-0.2, 0) is 0 Å². The average Bonchev–Trinajstić information content (AvgIpc) is 2.48. The first-order chi connectivity index (χ1) is 9.66. The molecule has 0 bridgehead atoms. The number of nitro groups is 1. The lowest BCUT2D eigenvalue weighted by molar-refractivity contribution is -0.384. The summed E-state index contributed by atoms with van der Waals surface area (Å²) < 4.78 is 0. The minimum Gasteiger partial charge on any atom is -0.351 e. The van der Waals surface area contributed by atoms with E-state index in [0.29, 0.717) is 12.1 Å². The molecule has 1 aromatic rings. The normalized spacial score (nSPS) is 15.0. The Morgan fingerprint density at radius 1 is 1.38 bits per heavy atom. The maximum Gasteiger partial charge on any atom is 0.270 e. The largest absolute Gasteiger partial charge is 0.351 e. The maximum atomic E-state index is 11.9. The van der Waals surface area contributed by atoms with Crippen LogP contribution in [0.5, 0.6) is 0 Å². The van der Waals surface area contributed by atoms with Gasteiger partial charge in [-0.05, 0) is 6.07 Å². The molecule has 1 aliphatic rings. The Kier molecular flexibility index (Phi) is 7.07. The van der Waals surface area contributed by atoms with Crippen LogP contribution in [0.15, 0.2) is 24.3 Å². The molecule has 0 aliphatic carbocycles. The van der Waals surface area contributed by atoms with E-state index in [1.807, 2.05) is 0 Å². The number of hydrogen-bond donors (Lipinski definition) is 2. The molecule has 1 aliphatic heterocycles. The van der Waals surface area contributed by atoms with Gasteiger partial charge in [0.15, 0.2) is 0 Å². The van der Waals surface area contributed by atoms with Crippen molar-refractivity contribution in [2.24, 2.45) is 0 Å². The molecule has 0 aromatic heterocycles. The van der Waals surface area contributed by atoms with Gasteiger partial charge in [-0.1, -0.05) is 6.07 Å². The van der Waals surface area contributed by atoms with Crippen LogP contribution in [0.2, 0.25) is 0 Å². The highest BCUT2D eigenvalue weighted by molar-refractivity contribution is 5.94. The molecule has 8 heteroatoms. The highest BCUT2D eigenvalue weighted by atomic mass is 35.5. The van der Waals surface area contributed by atoms with Crippen LogP contribution in [-0.4, -0.2) is 55.0 Å². The van der Waals surface area contributed by atoms with Crippen LogP contribution in [0.3, 0.4) is 0 Å². The molecule has 1 aromatic carbocycles. The second kappa shape index (κ2) is 8.56. The first-order valence-corrected chi connectivity index (χ1v) is 6.62. The van der Waals surface area contributed by atoms with Crippen LogP contribution >= 0.6 is 12.4 Å². The quantitative estimate of drug-likeness (QED) is 0.615. The number of benzene rings is 1. The molecule has 21 heavy (non-hydrogen) atoms. The Hall–Kier alpha value is -1.70. The number of hydrogen-bond acceptors (Lipinski definition) is 5. The molecule has 0 saturated carbocycles. The highest BCUT2D eigenvalue weighted by Crippen LogP contribution is 2.12. The van der Waals surface area contributed by atoms with Gasteiger partial charge in [-0.25, -0.2) is 0 Å². The Morgan fingerprint density at radius 2 is 2.10 bits per heavy atom. The number of amides is 1. The zero-order chi connectivity index (χ0) is 14.4. The molecular formula is C13H19ClN4O3. The second-order valence-electron chi connectivity index (χ2n) is 4.65. The van der Waals surface area contributed by atoms with Gasteiger partial charge in [0.25, 0.3) is 11.6 Å². The number of halogens is 1. The van der Waals surface area contributed by atoms with Crippen LogP contribution in [0.25, 0.3) is 0 Å². The minimum atomic E-state index is -0.502. The van der Waals surface area contributed by atoms with Gasteiger partial charge >= 0.3 is 0 Å². The predicted octanol–water partition coefficient (Wildman–Crippen LogP) is 0.652. The summed E-state index contributed by atoms with van der Waals surface area (Å²) >= 11 is 0. The summed E-state index contributed by atoms with van der Waals surface area (Å²) in [5, 5.41) is 16.7. The van der Waals surface area contributed by atoms with E-state index in [1.165, 1.54) is 18.2 Å². The smallest absolute Gasteiger partial charge is 0.270 e. The van der Waals surface area contributed by atoms with Crippen LogP contribution in [0, 0.1) is 10.1 Å². The van der Waals surface area contributed by atoms with Crippen molar-refractivity contribution in [1.82, 2.24) is 15.5 Å². The number of nitrogens with zero attached hydrogens (tertiary/aromatic N) is 2. The lowest BCUT2D eigenvalue weighted by Crippen LogP contribution is -2.46. The topological polar surface area (TPSA) is 87.5 Å². The lowest BCUT2D eigenvalue weighted by atomic mass is 10.2. The highest BCUT2D eigenvalue weighted by Gasteiger charge is 2.12. The third-order valence-corrected chi connectivity index (χ3v) is 3.24. The van der Waals surface area contributed by atoms with Gasteiger partial charge in [0.1, 0.15) is 0 Å². The SMILES string of the molecule is Cl.O=C(NCCN1CCNCC1)c1cccc([N+](=O)[O-])c1. The number of nitro benzene ring substituents is 1. The van der Waals surface area contributed by atoms with Crippen molar-refractivity contribution in [3.63, 3.8) is 0 Å². The average molecular weight is 315 g/mol. The van der Waals surface area contributed by atoms with Crippen LogP contribution in [0.1, 0.15) is 10.4 Å². The summed E-state index contributed by atoms with van der Waals surface area (Å²) in [5.74, 6) is -0.274. The summed E-state index contributed by atoms with van der Waals surface area (Å²) in [4.78, 5) is 24.3. The summed E-state index contributed by atoms with van der Waals surface area (Å²) in [5.41, 5.74) is 0.249. The third-order valence-electron chi connectivity index (χ3n) is 3.24. The summed E-state index contributed by atoms with van der Waals surface area (Å²) in [6, 6.07) is 5.76. The number of piperazine rings is 1. The fraction of sp³-hybridized carbons (Fsp3) is 0.462. The molecule has 0 radical (unpaired) electrons. The van der Waals surface area contributed by atoms with Gasteiger partial charge in [0.05, 0.1) is 4.92 Å². The van der Waals surface area contributed by atoms with Crippen LogP contribution < -0.4 is 10.6 Å². The van der Waals surface area contributed by atoms with E-state index in [9.17, 15) is 14.9 Å². The monoisotopic (exact) mass is 314 g/mol. The molecule has 0 unspecified atom stereocenters. The molecule has 1 amide bonds. The van der Waals surface area contributed by atoms with E-state index in [-0.39, 0.29) is 24.0 Å². The second-order valence-corrected chi connectivity index (χ2v) is 4.65. The number of non-ortho nitro benzene ring substituents is 1. The van der Waals surface area contributed by atoms with Crippen molar-refractivity contribution in [3.05, 3.63) is 39.9 Å². The molecule has 2 N–H and O–H groups in total. The van der Waals surface area contributed by atoms with Gasteiger partial charge < -0.3 is 10.6 Å². The molecule has 7 nitrogen and oxygen atoms in total. The number of nitrogens with one attached hydrogen (secondary N) is 2. The van der Waals surface area contributed by atoms with E-state index in [0.717, 1.165) is 32.7 Å². The molecule has 0 spiro atoms. The zero-order valence-electron chi connectivity index (χ0n) is 11.6. The number of carbonyl (C=O) groups is 1. The zero-order valence-corrected chi connectivity index (χ0v) is 12.4. The Morgan fingerprint density at radius 3 is 2.76 bits per heavy atom. The van der Waals surface area contributed by atoms with E-state index >= 15 is 0 Å². The van der Waals surface area contributed by atoms with Crippen LogP contribution in [0.4, 0.5) is 5.69 Å². The first-order valence-electron chi connectivity index (χ1n) is 6.62. The van der Waals surface area contributed by atoms with E-state index < -0.39 is 4.92 Å². The summed E-state index contributed by atoms with van der Waals surface area (Å²) in [6.07, 6.45) is 0. The maximum absolute atomic E-state index is 11.9. The lowest BCUT2D eigenvalue weighted by Gasteiger charge is -2.27. The number of rotatable bonds is 5. The number of carbonyl (C=O) groups excluding carboxylic acids is 1. The van der Waals surface area contributed by atoms with Crippen molar-refractivity contribution in [3.8, 4) is 0 Å². The van der Waals surface area contributed by atoms with E-state index in [4.69, 9.17) is 0 Å². The standard InChI is InChI=1S/C13H18N4O3.ClH/c18-13(11-2-1-3-12(10-11)17(19)20)15-6-9-16-7-4-14-5-8-16;/h1-3,10,14H,4-9H2,(H,15,18);1H. The van der Waals surface area contributed by atoms with Gasteiger partial charge in [0, 0.05) is 57.0 Å². The first kappa shape index (κ1) is 17.4. The minimum absolute atomic E-state index is 0. The van der Waals surface area contributed by atoms with Gasteiger partial charge in [-0.3, -0.25) is 19.8 Å². The predicted molar refractivity (Wildman–Crippen MR) is 82.0 cm³/mol. The van der Waals surface area contributed by atoms with E-state index in [1.54, 1.807) is 6.07 Å². The van der Waals surface area contributed by atoms with E-state index in [2.05, 4.69) is 15.5 Å². The van der Waals surface area contributed by atoms with Crippen molar-refractivity contribution in [2.45, 2.75) is 0 Å². The Bertz CT molecular complexity index is 492. The van der Waals surface area contributed by atoms with Crippen molar-refractivity contribution in [2.75, 3.05) is 39.3 Å². The van der Waals surface area contributed by atoms with Crippen molar-refractivity contribution < 1.29 is 9.72 Å². The van der Waals surface area contributed by atoms with Crippen molar-refractivity contribution >= 4 is 24.0 Å². The summed E-state index contributed by atoms with van der Waals surface area (Å²) in [7, 11) is 0. The molecule has 1 saturated heterocycles. The van der Waals surface area contributed by atoms with Gasteiger partial charge in [0.2, 0.25) is 0 Å². The Labute approximate surface area is 129 Å². The summed E-state index contributed by atoms with van der Waals surface area (Å²) in [6.45, 7) is 5.24. The van der Waals surface area contributed by atoms with Crippen molar-refractivity contribution in [1.29, 1.82) is 0 Å². The van der Waals surface area contributed by atoms with Gasteiger partial charge in [-0.2, -0.15) is 0 Å². The fourth-order valence-electron chi connectivity index (χ4n) is 2.13. The molecule has 2 rings (SSSR count). The molecule has 1 fully saturated rings. The van der Waals surface area contributed by atoms with Gasteiger partial charge in [-0.15, -0.1) is 12.4 Å². The molecule has 1 heterocycles.